The zero-order valence-electron chi connectivity index (χ0n) is 13.3. The Balaban J connectivity index is 2.16. The summed E-state index contributed by atoms with van der Waals surface area (Å²) >= 11 is 0. The van der Waals surface area contributed by atoms with Crippen LogP contribution in [0, 0.1) is 17.0 Å². The Morgan fingerprint density at radius 2 is 1.96 bits per heavy atom. The second-order valence-corrected chi connectivity index (χ2v) is 5.38. The standard InChI is InChI=1S/C17H16N4O3/c1-3-20-14-9-8-11(2)10-12(14)16(17(20)22)19-18-13-6-4-5-7-15(13)21(23)24/h4-10,22H,3H2,1-2H3. The fourth-order valence-electron chi connectivity index (χ4n) is 2.66. The molecule has 0 bridgehead atoms. The third kappa shape index (κ3) is 2.60. The second kappa shape index (κ2) is 6.11. The van der Waals surface area contributed by atoms with E-state index in [0.29, 0.717) is 12.2 Å². The van der Waals surface area contributed by atoms with Crippen LogP contribution in [0.25, 0.3) is 10.9 Å². The van der Waals surface area contributed by atoms with Crippen molar-refractivity contribution in [2.75, 3.05) is 0 Å². The van der Waals surface area contributed by atoms with Gasteiger partial charge in [-0.2, -0.15) is 0 Å². The van der Waals surface area contributed by atoms with Crippen molar-refractivity contribution in [3.05, 3.63) is 58.1 Å². The van der Waals surface area contributed by atoms with Gasteiger partial charge in [-0.3, -0.25) is 10.1 Å². The SMILES string of the molecule is CCn1c(O)c(N=Nc2ccccc2[N+](=O)[O-])c2cc(C)ccc21. The molecule has 3 rings (SSSR count). The molecule has 0 aliphatic rings. The van der Waals surface area contributed by atoms with E-state index in [1.54, 1.807) is 16.7 Å². The van der Waals surface area contributed by atoms with E-state index in [9.17, 15) is 15.2 Å². The molecule has 0 fully saturated rings. The number of hydrogen-bond acceptors (Lipinski definition) is 5. The van der Waals surface area contributed by atoms with E-state index in [4.69, 9.17) is 0 Å². The molecule has 7 heteroatoms. The summed E-state index contributed by atoms with van der Waals surface area (Å²) in [4.78, 5) is 10.6. The number of aromatic hydroxyl groups is 1. The smallest absolute Gasteiger partial charge is 0.296 e. The minimum atomic E-state index is -0.506. The first-order valence-corrected chi connectivity index (χ1v) is 7.50. The molecule has 24 heavy (non-hydrogen) atoms. The maximum Gasteiger partial charge on any atom is 0.296 e. The minimum Gasteiger partial charge on any atom is -0.493 e. The molecule has 0 unspecified atom stereocenters. The van der Waals surface area contributed by atoms with E-state index in [0.717, 1.165) is 16.5 Å². The summed E-state index contributed by atoms with van der Waals surface area (Å²) in [6.45, 7) is 4.44. The molecule has 0 aliphatic carbocycles. The molecule has 7 nitrogen and oxygen atoms in total. The molecule has 0 aliphatic heterocycles. The van der Waals surface area contributed by atoms with Crippen LogP contribution < -0.4 is 0 Å². The van der Waals surface area contributed by atoms with Gasteiger partial charge in [-0.25, -0.2) is 0 Å². The molecule has 1 heterocycles. The van der Waals surface area contributed by atoms with Gasteiger partial charge in [-0.15, -0.1) is 10.2 Å². The molecule has 0 radical (unpaired) electrons. The van der Waals surface area contributed by atoms with Crippen LogP contribution in [0.3, 0.4) is 0 Å². The number of rotatable bonds is 4. The lowest BCUT2D eigenvalue weighted by molar-refractivity contribution is -0.384. The number of nitro groups is 1. The van der Waals surface area contributed by atoms with Crippen molar-refractivity contribution >= 4 is 28.0 Å². The molecule has 122 valence electrons. The second-order valence-electron chi connectivity index (χ2n) is 5.38. The summed E-state index contributed by atoms with van der Waals surface area (Å²) in [6.07, 6.45) is 0. The van der Waals surface area contributed by atoms with Crippen molar-refractivity contribution in [3.63, 3.8) is 0 Å². The van der Waals surface area contributed by atoms with Gasteiger partial charge in [0.1, 0.15) is 0 Å². The Morgan fingerprint density at radius 3 is 2.67 bits per heavy atom. The number of azo groups is 1. The minimum absolute atomic E-state index is 0.000402. The Bertz CT molecular complexity index is 960. The molecule has 1 aromatic heterocycles. The van der Waals surface area contributed by atoms with Gasteiger partial charge in [0.15, 0.2) is 11.4 Å². The Hall–Kier alpha value is -3.22. The van der Waals surface area contributed by atoms with Gasteiger partial charge in [0.05, 0.1) is 10.4 Å². The van der Waals surface area contributed by atoms with Gasteiger partial charge in [-0.1, -0.05) is 23.8 Å². The van der Waals surface area contributed by atoms with E-state index in [1.807, 2.05) is 32.0 Å². The lowest BCUT2D eigenvalue weighted by Crippen LogP contribution is -1.91. The molecular formula is C17H16N4O3. The highest BCUT2D eigenvalue weighted by molar-refractivity contribution is 5.95. The van der Waals surface area contributed by atoms with Crippen LogP contribution in [0.5, 0.6) is 5.88 Å². The molecule has 3 aromatic rings. The van der Waals surface area contributed by atoms with Crippen molar-refractivity contribution in [2.45, 2.75) is 20.4 Å². The zero-order valence-corrected chi connectivity index (χ0v) is 13.3. The van der Waals surface area contributed by atoms with Crippen LogP contribution >= 0.6 is 0 Å². The van der Waals surface area contributed by atoms with Crippen LogP contribution in [0.2, 0.25) is 0 Å². The van der Waals surface area contributed by atoms with E-state index in [-0.39, 0.29) is 17.3 Å². The maximum absolute atomic E-state index is 11.1. The molecule has 0 spiro atoms. The third-order valence-electron chi connectivity index (χ3n) is 3.82. The predicted molar refractivity (Wildman–Crippen MR) is 91.3 cm³/mol. The van der Waals surface area contributed by atoms with Gasteiger partial charge in [0, 0.05) is 18.0 Å². The number of nitro benzene ring substituents is 1. The first-order chi connectivity index (χ1) is 11.5. The van der Waals surface area contributed by atoms with Crippen molar-refractivity contribution in [2.24, 2.45) is 10.2 Å². The van der Waals surface area contributed by atoms with Gasteiger partial charge in [0.25, 0.3) is 5.69 Å². The highest BCUT2D eigenvalue weighted by atomic mass is 16.6. The quantitative estimate of drug-likeness (QED) is 0.416. The van der Waals surface area contributed by atoms with E-state index in [2.05, 4.69) is 10.2 Å². The summed E-state index contributed by atoms with van der Waals surface area (Å²) in [5.74, 6) is 0.000402. The average Bonchev–Trinajstić information content (AvgIpc) is 2.83. The lowest BCUT2D eigenvalue weighted by Gasteiger charge is -2.01. The molecule has 2 aromatic carbocycles. The van der Waals surface area contributed by atoms with Gasteiger partial charge in [-0.05, 0) is 32.0 Å². The van der Waals surface area contributed by atoms with Crippen molar-refractivity contribution in [1.29, 1.82) is 0 Å². The summed E-state index contributed by atoms with van der Waals surface area (Å²) in [6, 6.07) is 11.9. The van der Waals surface area contributed by atoms with Crippen molar-refractivity contribution in [3.8, 4) is 5.88 Å². The van der Waals surface area contributed by atoms with Crippen LogP contribution in [-0.4, -0.2) is 14.6 Å². The average molecular weight is 324 g/mol. The molecular weight excluding hydrogens is 308 g/mol. The molecule has 0 atom stereocenters. The Morgan fingerprint density at radius 1 is 1.21 bits per heavy atom. The van der Waals surface area contributed by atoms with E-state index in [1.165, 1.54) is 12.1 Å². The summed E-state index contributed by atoms with van der Waals surface area (Å²) in [7, 11) is 0. The fourth-order valence-corrected chi connectivity index (χ4v) is 2.66. The van der Waals surface area contributed by atoms with Gasteiger partial charge >= 0.3 is 0 Å². The maximum atomic E-state index is 11.1. The molecule has 0 saturated heterocycles. The topological polar surface area (TPSA) is 93.0 Å². The molecule has 0 amide bonds. The Kier molecular flexibility index (Phi) is 3.99. The number of fused-ring (bicyclic) bond motifs is 1. The molecule has 0 saturated carbocycles. The van der Waals surface area contributed by atoms with Crippen molar-refractivity contribution in [1.82, 2.24) is 4.57 Å². The first-order valence-electron chi connectivity index (χ1n) is 7.50. The number of hydrogen-bond donors (Lipinski definition) is 1. The van der Waals surface area contributed by atoms with Crippen LogP contribution in [0.1, 0.15) is 12.5 Å². The summed E-state index contributed by atoms with van der Waals surface area (Å²) < 4.78 is 1.72. The van der Waals surface area contributed by atoms with E-state index >= 15 is 0 Å². The van der Waals surface area contributed by atoms with Gasteiger partial charge < -0.3 is 9.67 Å². The number of nitrogens with zero attached hydrogens (tertiary/aromatic N) is 4. The lowest BCUT2D eigenvalue weighted by atomic mass is 10.1. The molecule has 1 N–H and O–H groups in total. The predicted octanol–water partition coefficient (Wildman–Crippen LogP) is 5.00. The largest absolute Gasteiger partial charge is 0.493 e. The van der Waals surface area contributed by atoms with Crippen LogP contribution in [0.15, 0.2) is 52.7 Å². The van der Waals surface area contributed by atoms with Crippen LogP contribution in [0.4, 0.5) is 17.1 Å². The summed E-state index contributed by atoms with van der Waals surface area (Å²) in [5, 5.41) is 30.4. The fraction of sp³-hybridized carbons (Fsp3) is 0.176. The van der Waals surface area contributed by atoms with Crippen LogP contribution in [-0.2, 0) is 6.54 Å². The number of aromatic nitrogens is 1. The number of para-hydroxylation sites is 1. The monoisotopic (exact) mass is 324 g/mol. The third-order valence-corrected chi connectivity index (χ3v) is 3.82. The zero-order chi connectivity index (χ0) is 17.3. The highest BCUT2D eigenvalue weighted by Crippen LogP contribution is 2.40. The first kappa shape index (κ1) is 15.7. The van der Waals surface area contributed by atoms with Gasteiger partial charge in [0.2, 0.25) is 5.88 Å². The van der Waals surface area contributed by atoms with Crippen molar-refractivity contribution < 1.29 is 10.0 Å². The highest BCUT2D eigenvalue weighted by Gasteiger charge is 2.17. The van der Waals surface area contributed by atoms with E-state index < -0.39 is 4.92 Å². The summed E-state index contributed by atoms with van der Waals surface area (Å²) in [5.41, 5.74) is 2.20. The number of benzene rings is 2. The normalized spacial score (nSPS) is 11.4. The Labute approximate surface area is 138 Å². The number of aryl methyl sites for hydroxylation is 2.